The fourth-order valence-electron chi connectivity index (χ4n) is 2.98. The summed E-state index contributed by atoms with van der Waals surface area (Å²) in [6.45, 7) is 2.42. The maximum Gasteiger partial charge on any atom is 0.573 e. The van der Waals surface area contributed by atoms with E-state index in [-0.39, 0.29) is 12.2 Å². The lowest BCUT2D eigenvalue weighted by Crippen LogP contribution is -2.16. The van der Waals surface area contributed by atoms with Crippen molar-refractivity contribution in [2.75, 3.05) is 13.7 Å². The molecule has 1 atom stereocenters. The van der Waals surface area contributed by atoms with Crippen LogP contribution in [-0.4, -0.2) is 30.3 Å². The predicted octanol–water partition coefficient (Wildman–Crippen LogP) is 5.98. The largest absolute Gasteiger partial charge is 0.573 e. The molecular formula is C23H21F3O5S2. The maximum absolute atomic E-state index is 13.5. The van der Waals surface area contributed by atoms with Crippen molar-refractivity contribution in [2.24, 2.45) is 0 Å². The molecule has 0 saturated heterocycles. The van der Waals surface area contributed by atoms with Crippen LogP contribution in [0.5, 0.6) is 11.5 Å². The fourth-order valence-corrected chi connectivity index (χ4v) is 5.50. The van der Waals surface area contributed by atoms with Crippen molar-refractivity contribution >= 4 is 28.1 Å². The number of ether oxygens (including phenoxy) is 3. The summed E-state index contributed by atoms with van der Waals surface area (Å²) in [5.41, 5.74) is 1.83. The van der Waals surface area contributed by atoms with Crippen LogP contribution in [0, 0.1) is 0 Å². The van der Waals surface area contributed by atoms with Crippen molar-refractivity contribution in [3.8, 4) is 22.6 Å². The Morgan fingerprint density at radius 2 is 1.79 bits per heavy atom. The fraction of sp³-hybridized carbons (Fsp3) is 0.261. The number of alkyl halides is 3. The molecule has 0 fully saturated rings. The summed E-state index contributed by atoms with van der Waals surface area (Å²) in [5.74, 6) is -0.275. The first-order valence-corrected chi connectivity index (χ1v) is 11.9. The number of esters is 1. The Kier molecular flexibility index (Phi) is 8.15. The molecule has 0 bridgehead atoms. The van der Waals surface area contributed by atoms with Crippen molar-refractivity contribution in [3.63, 3.8) is 0 Å². The van der Waals surface area contributed by atoms with Gasteiger partial charge in [0.05, 0.1) is 30.9 Å². The average Bonchev–Trinajstić information content (AvgIpc) is 3.26. The van der Waals surface area contributed by atoms with E-state index in [4.69, 9.17) is 9.47 Å². The van der Waals surface area contributed by atoms with Gasteiger partial charge < -0.3 is 14.2 Å². The molecular weight excluding hydrogens is 477 g/mol. The normalized spacial score (nSPS) is 12.3. The molecule has 3 aromatic rings. The lowest BCUT2D eigenvalue weighted by Gasteiger charge is -2.12. The number of benzene rings is 2. The molecule has 0 saturated carbocycles. The summed E-state index contributed by atoms with van der Waals surface area (Å²) >= 11 is 1.27. The third-order valence-corrected chi connectivity index (χ3v) is 7.07. The van der Waals surface area contributed by atoms with Crippen LogP contribution in [0.2, 0.25) is 0 Å². The zero-order valence-electron chi connectivity index (χ0n) is 17.8. The summed E-state index contributed by atoms with van der Waals surface area (Å²) in [6, 6.07) is 12.2. The van der Waals surface area contributed by atoms with Crippen LogP contribution in [0.1, 0.15) is 18.9 Å². The van der Waals surface area contributed by atoms with Crippen LogP contribution in [0.4, 0.5) is 13.2 Å². The number of halogens is 3. The van der Waals surface area contributed by atoms with Gasteiger partial charge in [0.2, 0.25) is 0 Å². The quantitative estimate of drug-likeness (QED) is 0.340. The topological polar surface area (TPSA) is 61.8 Å². The third kappa shape index (κ3) is 6.82. The number of carbonyl (C=O) groups excluding carboxylic acids is 1. The lowest BCUT2D eigenvalue weighted by atomic mass is 10.1. The molecule has 1 unspecified atom stereocenters. The van der Waals surface area contributed by atoms with Gasteiger partial charge in [-0.1, -0.05) is 19.1 Å². The number of methoxy groups -OCH3 is 1. The van der Waals surface area contributed by atoms with E-state index in [0.717, 1.165) is 6.42 Å². The van der Waals surface area contributed by atoms with Crippen LogP contribution >= 0.6 is 11.3 Å². The molecule has 0 amide bonds. The molecule has 5 nitrogen and oxygen atoms in total. The van der Waals surface area contributed by atoms with E-state index in [0.29, 0.717) is 38.2 Å². The van der Waals surface area contributed by atoms with Crippen molar-refractivity contribution < 1.29 is 36.4 Å². The molecule has 0 N–H and O–H groups in total. The van der Waals surface area contributed by atoms with Gasteiger partial charge >= 0.3 is 12.3 Å². The van der Waals surface area contributed by atoms with Crippen LogP contribution in [-0.2, 0) is 26.8 Å². The van der Waals surface area contributed by atoms with Crippen LogP contribution < -0.4 is 9.47 Å². The number of hydrogen-bond acceptors (Lipinski definition) is 6. The van der Waals surface area contributed by atoms with E-state index >= 15 is 0 Å². The second kappa shape index (κ2) is 10.8. The van der Waals surface area contributed by atoms with Crippen LogP contribution in [0.15, 0.2) is 63.0 Å². The van der Waals surface area contributed by atoms with E-state index in [2.05, 4.69) is 4.74 Å². The molecule has 1 heterocycles. The first-order chi connectivity index (χ1) is 15.7. The number of thiophene rings is 1. The average molecular weight is 499 g/mol. The van der Waals surface area contributed by atoms with Gasteiger partial charge in [-0.15, -0.1) is 24.5 Å². The van der Waals surface area contributed by atoms with E-state index in [1.165, 1.54) is 42.7 Å². The van der Waals surface area contributed by atoms with Gasteiger partial charge in [-0.25, -0.2) is 4.21 Å². The van der Waals surface area contributed by atoms with Gasteiger partial charge in [0, 0.05) is 10.5 Å². The van der Waals surface area contributed by atoms with Gasteiger partial charge in [-0.05, 0) is 59.3 Å². The molecule has 0 aliphatic rings. The molecule has 2 aromatic carbocycles. The zero-order valence-corrected chi connectivity index (χ0v) is 19.4. The number of hydrogen-bond donors (Lipinski definition) is 0. The highest BCUT2D eigenvalue weighted by atomic mass is 32.2. The van der Waals surface area contributed by atoms with Crippen molar-refractivity contribution in [3.05, 3.63) is 59.5 Å². The van der Waals surface area contributed by atoms with Crippen molar-refractivity contribution in [1.82, 2.24) is 0 Å². The highest BCUT2D eigenvalue weighted by Crippen LogP contribution is 2.36. The molecule has 3 rings (SSSR count). The van der Waals surface area contributed by atoms with E-state index in [1.54, 1.807) is 29.6 Å². The van der Waals surface area contributed by atoms with E-state index in [9.17, 15) is 22.2 Å². The Morgan fingerprint density at radius 3 is 2.42 bits per heavy atom. The summed E-state index contributed by atoms with van der Waals surface area (Å²) in [7, 11) is -0.323. The first-order valence-electron chi connectivity index (χ1n) is 9.89. The molecule has 176 valence electrons. The van der Waals surface area contributed by atoms with Crippen molar-refractivity contribution in [1.29, 1.82) is 0 Å². The molecule has 0 radical (unpaired) electrons. The van der Waals surface area contributed by atoms with E-state index < -0.39 is 23.1 Å². The molecule has 0 spiro atoms. The SMILES string of the molecule is CCCOc1cc(CC(=O)OC)cc(S(=O)c2sccc2-c2ccc(OC(F)(F)F)cc2)c1. The number of rotatable bonds is 9. The Bertz CT molecular complexity index is 1120. The summed E-state index contributed by atoms with van der Waals surface area (Å²) < 4.78 is 65.6. The minimum absolute atomic E-state index is 0.00197. The minimum Gasteiger partial charge on any atom is -0.494 e. The summed E-state index contributed by atoms with van der Waals surface area (Å²) in [6.07, 6.45) is -3.99. The minimum atomic E-state index is -4.77. The van der Waals surface area contributed by atoms with Gasteiger partial charge in [0.1, 0.15) is 15.7 Å². The van der Waals surface area contributed by atoms with Gasteiger partial charge in [0.25, 0.3) is 0 Å². The van der Waals surface area contributed by atoms with Gasteiger partial charge in [0.15, 0.2) is 0 Å². The maximum atomic E-state index is 13.5. The van der Waals surface area contributed by atoms with Gasteiger partial charge in [-0.3, -0.25) is 4.79 Å². The summed E-state index contributed by atoms with van der Waals surface area (Å²) in [5, 5.41) is 1.76. The standard InChI is InChI=1S/C23H21F3O5S2/c1-3-9-30-18-11-15(13-21(27)29-2)12-19(14-18)33(28)22-20(8-10-32-22)16-4-6-17(7-5-16)31-23(24,25)26/h4-8,10-12,14H,3,9,13H2,1-2H3. The molecule has 1 aromatic heterocycles. The molecule has 0 aliphatic carbocycles. The highest BCUT2D eigenvalue weighted by Gasteiger charge is 2.31. The summed E-state index contributed by atoms with van der Waals surface area (Å²) in [4.78, 5) is 12.2. The second-order valence-electron chi connectivity index (χ2n) is 6.88. The zero-order chi connectivity index (χ0) is 24.0. The Hall–Kier alpha value is -2.85. The number of carbonyl (C=O) groups is 1. The predicted molar refractivity (Wildman–Crippen MR) is 119 cm³/mol. The van der Waals surface area contributed by atoms with Crippen molar-refractivity contribution in [2.45, 2.75) is 35.2 Å². The third-order valence-electron chi connectivity index (χ3n) is 4.40. The van der Waals surface area contributed by atoms with E-state index in [1.807, 2.05) is 6.92 Å². The Morgan fingerprint density at radius 1 is 1.06 bits per heavy atom. The molecule has 33 heavy (non-hydrogen) atoms. The molecule has 0 aliphatic heterocycles. The highest BCUT2D eigenvalue weighted by molar-refractivity contribution is 7.87. The monoisotopic (exact) mass is 498 g/mol. The van der Waals surface area contributed by atoms with Gasteiger partial charge in [-0.2, -0.15) is 0 Å². The lowest BCUT2D eigenvalue weighted by molar-refractivity contribution is -0.274. The van der Waals surface area contributed by atoms with Crippen LogP contribution in [0.3, 0.4) is 0 Å². The van der Waals surface area contributed by atoms with Crippen LogP contribution in [0.25, 0.3) is 11.1 Å². The smallest absolute Gasteiger partial charge is 0.494 e. The second-order valence-corrected chi connectivity index (χ2v) is 9.47. The molecule has 10 heteroatoms. The first kappa shape index (κ1) is 24.8. The Balaban J connectivity index is 1.92. The Labute approximate surface area is 195 Å².